The maximum absolute atomic E-state index is 13.2. The van der Waals surface area contributed by atoms with Gasteiger partial charge in [-0.1, -0.05) is 0 Å². The van der Waals surface area contributed by atoms with Gasteiger partial charge in [-0.05, 0) is 12.1 Å². The molecule has 0 atom stereocenters. The van der Waals surface area contributed by atoms with Gasteiger partial charge in [-0.3, -0.25) is 0 Å². The number of hydrogen-bond donors (Lipinski definition) is 1. The van der Waals surface area contributed by atoms with Crippen LogP contribution in [-0.4, -0.2) is 25.6 Å². The third kappa shape index (κ3) is 2.71. The molecule has 0 spiro atoms. The van der Waals surface area contributed by atoms with E-state index >= 15 is 0 Å². The van der Waals surface area contributed by atoms with Crippen LogP contribution in [0.25, 0.3) is 0 Å². The van der Waals surface area contributed by atoms with Crippen molar-refractivity contribution < 1.29 is 13.5 Å². The Kier molecular flexibility index (Phi) is 3.76. The van der Waals surface area contributed by atoms with E-state index in [0.717, 1.165) is 23.4 Å². The molecule has 2 aliphatic rings. The van der Waals surface area contributed by atoms with Crippen LogP contribution in [0.2, 0.25) is 0 Å². The summed E-state index contributed by atoms with van der Waals surface area (Å²) in [6.45, 7) is 1.36. The SMILES string of the molecule is Cl.Nc1cc2c(c(N3CCC(F)(F)CC3)c1)OCC2. The molecule has 106 valence electrons. The maximum atomic E-state index is 13.2. The number of hydrogen-bond acceptors (Lipinski definition) is 3. The van der Waals surface area contributed by atoms with Crippen molar-refractivity contribution in [2.75, 3.05) is 30.3 Å². The van der Waals surface area contributed by atoms with Crippen LogP contribution in [0, 0.1) is 0 Å². The Balaban J connectivity index is 0.00000133. The Labute approximate surface area is 117 Å². The highest BCUT2D eigenvalue weighted by molar-refractivity contribution is 5.85. The van der Waals surface area contributed by atoms with Crippen LogP contribution in [-0.2, 0) is 6.42 Å². The smallest absolute Gasteiger partial charge is 0.251 e. The van der Waals surface area contributed by atoms with Crippen LogP contribution in [0.5, 0.6) is 5.75 Å². The van der Waals surface area contributed by atoms with Crippen LogP contribution in [0.1, 0.15) is 18.4 Å². The highest BCUT2D eigenvalue weighted by Gasteiger charge is 2.35. The maximum Gasteiger partial charge on any atom is 0.251 e. The van der Waals surface area contributed by atoms with Crippen molar-refractivity contribution in [3.63, 3.8) is 0 Å². The molecule has 6 heteroatoms. The van der Waals surface area contributed by atoms with Crippen LogP contribution >= 0.6 is 12.4 Å². The normalized spacial score (nSPS) is 20.4. The second kappa shape index (κ2) is 5.04. The number of anilines is 2. The fraction of sp³-hybridized carbons (Fsp3) is 0.538. The van der Waals surface area contributed by atoms with E-state index in [2.05, 4.69) is 0 Å². The molecule has 1 aromatic rings. The summed E-state index contributed by atoms with van der Waals surface area (Å²) in [4.78, 5) is 1.96. The summed E-state index contributed by atoms with van der Waals surface area (Å²) in [6.07, 6.45) is 0.643. The van der Waals surface area contributed by atoms with Gasteiger partial charge in [0, 0.05) is 43.6 Å². The van der Waals surface area contributed by atoms with Crippen molar-refractivity contribution in [2.24, 2.45) is 0 Å². The molecule has 0 radical (unpaired) electrons. The van der Waals surface area contributed by atoms with Crippen LogP contribution in [0.4, 0.5) is 20.2 Å². The summed E-state index contributed by atoms with van der Waals surface area (Å²) in [5.41, 5.74) is 8.49. The Morgan fingerprint density at radius 1 is 1.21 bits per heavy atom. The topological polar surface area (TPSA) is 38.5 Å². The van der Waals surface area contributed by atoms with E-state index in [-0.39, 0.29) is 25.2 Å². The molecule has 2 heterocycles. The van der Waals surface area contributed by atoms with Gasteiger partial charge in [0.2, 0.25) is 0 Å². The summed E-state index contributed by atoms with van der Waals surface area (Å²) in [7, 11) is 0. The number of rotatable bonds is 1. The Morgan fingerprint density at radius 2 is 1.89 bits per heavy atom. The number of ether oxygens (including phenoxy) is 1. The van der Waals surface area contributed by atoms with Crippen LogP contribution in [0.15, 0.2) is 12.1 Å². The number of nitrogens with two attached hydrogens (primary N) is 1. The largest absolute Gasteiger partial charge is 0.491 e. The van der Waals surface area contributed by atoms with E-state index in [1.807, 2.05) is 17.0 Å². The third-order valence-electron chi connectivity index (χ3n) is 3.62. The molecule has 0 unspecified atom stereocenters. The van der Waals surface area contributed by atoms with Gasteiger partial charge in [-0.15, -0.1) is 12.4 Å². The first-order valence-corrected chi connectivity index (χ1v) is 6.23. The predicted octanol–water partition coefficient (Wildman–Crippen LogP) is 2.86. The van der Waals surface area contributed by atoms with Crippen LogP contribution in [0.3, 0.4) is 0 Å². The minimum absolute atomic E-state index is 0. The average Bonchev–Trinajstić information content (AvgIpc) is 2.76. The molecule has 0 aliphatic carbocycles. The van der Waals surface area contributed by atoms with E-state index in [1.54, 1.807) is 0 Å². The predicted molar refractivity (Wildman–Crippen MR) is 73.7 cm³/mol. The number of nitrogen functional groups attached to an aromatic ring is 1. The van der Waals surface area contributed by atoms with Gasteiger partial charge in [-0.25, -0.2) is 8.78 Å². The van der Waals surface area contributed by atoms with Gasteiger partial charge in [0.15, 0.2) is 0 Å². The Morgan fingerprint density at radius 3 is 2.58 bits per heavy atom. The first-order chi connectivity index (χ1) is 8.55. The quantitative estimate of drug-likeness (QED) is 0.808. The van der Waals surface area contributed by atoms with E-state index in [0.29, 0.717) is 25.4 Å². The molecule has 3 nitrogen and oxygen atoms in total. The minimum atomic E-state index is -2.53. The molecular weight excluding hydrogens is 274 g/mol. The Hall–Kier alpha value is -1.23. The number of piperidine rings is 1. The summed E-state index contributed by atoms with van der Waals surface area (Å²) in [5, 5.41) is 0. The standard InChI is InChI=1S/C13H16F2N2O.ClH/c14-13(15)2-4-17(5-3-13)11-8-10(16)7-9-1-6-18-12(9)11;/h7-8H,1-6,16H2;1H. The number of benzene rings is 1. The number of halogens is 3. The van der Waals surface area contributed by atoms with Gasteiger partial charge in [0.05, 0.1) is 12.3 Å². The van der Waals surface area contributed by atoms with Crippen molar-refractivity contribution in [1.82, 2.24) is 0 Å². The second-order valence-corrected chi connectivity index (χ2v) is 4.97. The highest BCUT2D eigenvalue weighted by Crippen LogP contribution is 2.40. The fourth-order valence-corrected chi connectivity index (χ4v) is 2.62. The molecule has 1 fully saturated rings. The lowest BCUT2D eigenvalue weighted by molar-refractivity contribution is -0.0221. The summed E-state index contributed by atoms with van der Waals surface area (Å²) < 4.78 is 31.9. The van der Waals surface area contributed by atoms with Crippen molar-refractivity contribution in [1.29, 1.82) is 0 Å². The lowest BCUT2D eigenvalue weighted by Gasteiger charge is -2.34. The molecular formula is C13H17ClF2N2O. The summed E-state index contributed by atoms with van der Waals surface area (Å²) >= 11 is 0. The molecule has 0 aromatic heterocycles. The zero-order chi connectivity index (χ0) is 12.8. The van der Waals surface area contributed by atoms with Crippen LogP contribution < -0.4 is 15.4 Å². The fourth-order valence-electron chi connectivity index (χ4n) is 2.62. The first-order valence-electron chi connectivity index (χ1n) is 6.23. The van der Waals surface area contributed by atoms with E-state index in [1.165, 1.54) is 0 Å². The number of fused-ring (bicyclic) bond motifs is 1. The zero-order valence-corrected chi connectivity index (χ0v) is 11.3. The van der Waals surface area contributed by atoms with Crippen molar-refractivity contribution in [3.8, 4) is 5.75 Å². The van der Waals surface area contributed by atoms with E-state index in [4.69, 9.17) is 10.5 Å². The van der Waals surface area contributed by atoms with Crippen molar-refractivity contribution >= 4 is 23.8 Å². The first kappa shape index (κ1) is 14.2. The van der Waals surface area contributed by atoms with Crippen molar-refractivity contribution in [3.05, 3.63) is 17.7 Å². The van der Waals surface area contributed by atoms with Gasteiger partial charge in [0.1, 0.15) is 5.75 Å². The van der Waals surface area contributed by atoms with Gasteiger partial charge < -0.3 is 15.4 Å². The second-order valence-electron chi connectivity index (χ2n) is 4.97. The molecule has 3 rings (SSSR count). The molecule has 2 aliphatic heterocycles. The monoisotopic (exact) mass is 290 g/mol. The molecule has 1 aromatic carbocycles. The van der Waals surface area contributed by atoms with Gasteiger partial charge >= 0.3 is 0 Å². The third-order valence-corrected chi connectivity index (χ3v) is 3.62. The minimum Gasteiger partial charge on any atom is -0.491 e. The molecule has 0 saturated carbocycles. The lowest BCUT2D eigenvalue weighted by atomic mass is 10.0. The lowest BCUT2D eigenvalue weighted by Crippen LogP contribution is -2.39. The molecule has 2 N–H and O–H groups in total. The molecule has 19 heavy (non-hydrogen) atoms. The van der Waals surface area contributed by atoms with Gasteiger partial charge in [-0.2, -0.15) is 0 Å². The number of nitrogens with zero attached hydrogens (tertiary/aromatic N) is 1. The molecule has 1 saturated heterocycles. The van der Waals surface area contributed by atoms with Crippen molar-refractivity contribution in [2.45, 2.75) is 25.2 Å². The summed E-state index contributed by atoms with van der Waals surface area (Å²) in [5.74, 6) is -1.70. The molecule has 0 amide bonds. The van der Waals surface area contributed by atoms with E-state index < -0.39 is 5.92 Å². The van der Waals surface area contributed by atoms with Gasteiger partial charge in [0.25, 0.3) is 5.92 Å². The Bertz CT molecular complexity index is 472. The number of alkyl halides is 2. The molecule has 0 bridgehead atoms. The highest BCUT2D eigenvalue weighted by atomic mass is 35.5. The van der Waals surface area contributed by atoms with E-state index in [9.17, 15) is 8.78 Å². The zero-order valence-electron chi connectivity index (χ0n) is 10.5. The average molecular weight is 291 g/mol. The summed E-state index contributed by atoms with van der Waals surface area (Å²) in [6, 6.07) is 3.73.